The summed E-state index contributed by atoms with van der Waals surface area (Å²) < 4.78 is 27.1. The number of rotatable bonds is 4. The molecule has 0 aliphatic heterocycles. The number of benzene rings is 2. The second-order valence-corrected chi connectivity index (χ2v) is 6.12. The van der Waals surface area contributed by atoms with E-state index in [0.717, 1.165) is 4.90 Å². The van der Waals surface area contributed by atoms with Crippen molar-refractivity contribution in [3.8, 4) is 0 Å². The minimum absolute atomic E-state index is 0.307. The Balaban J connectivity index is 2.37. The Kier molecular flexibility index (Phi) is 3.93. The summed E-state index contributed by atoms with van der Waals surface area (Å²) in [6, 6.07) is 15.8. The predicted molar refractivity (Wildman–Crippen MR) is 75.5 cm³/mol. The lowest BCUT2D eigenvalue weighted by Crippen LogP contribution is -2.13. The molecule has 0 radical (unpaired) electrons. The van der Waals surface area contributed by atoms with E-state index in [1.165, 1.54) is 11.8 Å². The topological polar surface area (TPSA) is 46.2 Å². The SMILES string of the molecule is CSc1ccccc1S(=O)(=O)Nc1ccccc1. The molecule has 0 amide bonds. The molecular formula is C13H13NO2S2. The van der Waals surface area contributed by atoms with Gasteiger partial charge in [0, 0.05) is 10.6 Å². The summed E-state index contributed by atoms with van der Waals surface area (Å²) in [6.45, 7) is 0. The van der Waals surface area contributed by atoms with Gasteiger partial charge in [-0.25, -0.2) is 8.42 Å². The van der Waals surface area contributed by atoms with E-state index in [4.69, 9.17) is 0 Å². The molecular weight excluding hydrogens is 266 g/mol. The lowest BCUT2D eigenvalue weighted by atomic mass is 10.3. The van der Waals surface area contributed by atoms with Crippen LogP contribution in [0.2, 0.25) is 0 Å². The predicted octanol–water partition coefficient (Wildman–Crippen LogP) is 3.21. The summed E-state index contributed by atoms with van der Waals surface area (Å²) in [4.78, 5) is 1.04. The average molecular weight is 279 g/mol. The van der Waals surface area contributed by atoms with E-state index in [0.29, 0.717) is 10.6 Å². The number of anilines is 1. The van der Waals surface area contributed by atoms with Crippen molar-refractivity contribution in [3.05, 3.63) is 54.6 Å². The number of hydrogen-bond acceptors (Lipinski definition) is 3. The van der Waals surface area contributed by atoms with Crippen molar-refractivity contribution in [3.63, 3.8) is 0 Å². The van der Waals surface area contributed by atoms with Crippen LogP contribution in [0, 0.1) is 0 Å². The molecule has 0 heterocycles. The first-order chi connectivity index (χ1) is 8.63. The van der Waals surface area contributed by atoms with Crippen LogP contribution in [-0.2, 0) is 10.0 Å². The monoisotopic (exact) mass is 279 g/mol. The van der Waals surface area contributed by atoms with Gasteiger partial charge in [0.2, 0.25) is 0 Å². The fourth-order valence-corrected chi connectivity index (χ4v) is 3.77. The van der Waals surface area contributed by atoms with E-state index in [9.17, 15) is 8.42 Å². The first kappa shape index (κ1) is 13.0. The van der Waals surface area contributed by atoms with Gasteiger partial charge in [-0.1, -0.05) is 30.3 Å². The Morgan fingerprint density at radius 1 is 0.944 bits per heavy atom. The van der Waals surface area contributed by atoms with Gasteiger partial charge in [0.05, 0.1) is 0 Å². The van der Waals surface area contributed by atoms with Crippen molar-refractivity contribution >= 4 is 27.5 Å². The lowest BCUT2D eigenvalue weighted by molar-refractivity contribution is 0.599. The lowest BCUT2D eigenvalue weighted by Gasteiger charge is -2.10. The molecule has 0 saturated carbocycles. The molecule has 0 atom stereocenters. The van der Waals surface area contributed by atoms with E-state index in [1.807, 2.05) is 18.4 Å². The molecule has 0 aromatic heterocycles. The maximum absolute atomic E-state index is 12.3. The molecule has 2 aromatic carbocycles. The maximum Gasteiger partial charge on any atom is 0.263 e. The molecule has 1 N–H and O–H groups in total. The fourth-order valence-electron chi connectivity index (χ4n) is 1.56. The number of nitrogens with one attached hydrogen (secondary N) is 1. The van der Waals surface area contributed by atoms with Crippen molar-refractivity contribution in [2.24, 2.45) is 0 Å². The molecule has 94 valence electrons. The van der Waals surface area contributed by atoms with E-state index in [-0.39, 0.29) is 0 Å². The van der Waals surface area contributed by atoms with Gasteiger partial charge in [-0.05, 0) is 30.5 Å². The Hall–Kier alpha value is -1.46. The molecule has 0 bridgehead atoms. The third-order valence-corrected chi connectivity index (χ3v) is 4.75. The zero-order valence-corrected chi connectivity index (χ0v) is 11.5. The average Bonchev–Trinajstić information content (AvgIpc) is 2.39. The highest BCUT2D eigenvalue weighted by Gasteiger charge is 2.17. The van der Waals surface area contributed by atoms with Crippen molar-refractivity contribution in [2.45, 2.75) is 9.79 Å². The van der Waals surface area contributed by atoms with Crippen LogP contribution in [0.3, 0.4) is 0 Å². The Morgan fingerprint density at radius 2 is 1.56 bits per heavy atom. The Bertz CT molecular complexity index is 624. The molecule has 5 heteroatoms. The van der Waals surface area contributed by atoms with Crippen LogP contribution in [0.4, 0.5) is 5.69 Å². The van der Waals surface area contributed by atoms with Crippen LogP contribution in [0.1, 0.15) is 0 Å². The van der Waals surface area contributed by atoms with Crippen molar-refractivity contribution in [2.75, 3.05) is 11.0 Å². The minimum Gasteiger partial charge on any atom is -0.280 e. The molecule has 0 unspecified atom stereocenters. The van der Waals surface area contributed by atoms with Crippen LogP contribution in [0.15, 0.2) is 64.4 Å². The third kappa shape index (κ3) is 2.86. The molecule has 2 rings (SSSR count). The van der Waals surface area contributed by atoms with Gasteiger partial charge in [0.1, 0.15) is 4.90 Å². The fraction of sp³-hybridized carbons (Fsp3) is 0.0769. The first-order valence-corrected chi connectivity index (χ1v) is 8.05. The van der Waals surface area contributed by atoms with Crippen LogP contribution >= 0.6 is 11.8 Å². The number of sulfonamides is 1. The third-order valence-electron chi connectivity index (χ3n) is 2.38. The van der Waals surface area contributed by atoms with Gasteiger partial charge in [-0.2, -0.15) is 0 Å². The molecule has 0 fully saturated rings. The Labute approximate surface area is 111 Å². The van der Waals surface area contributed by atoms with Crippen molar-refractivity contribution in [1.29, 1.82) is 0 Å². The van der Waals surface area contributed by atoms with Gasteiger partial charge in [-0.15, -0.1) is 11.8 Å². The van der Waals surface area contributed by atoms with E-state index < -0.39 is 10.0 Å². The molecule has 0 saturated heterocycles. The second kappa shape index (κ2) is 5.46. The van der Waals surface area contributed by atoms with E-state index in [2.05, 4.69) is 4.72 Å². The van der Waals surface area contributed by atoms with Gasteiger partial charge in [0.15, 0.2) is 0 Å². The molecule has 0 spiro atoms. The highest BCUT2D eigenvalue weighted by Crippen LogP contribution is 2.25. The standard InChI is InChI=1S/C13H13NO2S2/c1-17-12-9-5-6-10-13(12)18(15,16)14-11-7-3-2-4-8-11/h2-10,14H,1H3. The van der Waals surface area contributed by atoms with Gasteiger partial charge in [-0.3, -0.25) is 4.72 Å². The summed E-state index contributed by atoms with van der Waals surface area (Å²) in [5, 5.41) is 0. The second-order valence-electron chi connectivity index (χ2n) is 3.62. The number of thioether (sulfide) groups is 1. The van der Waals surface area contributed by atoms with Crippen molar-refractivity contribution < 1.29 is 8.42 Å². The van der Waals surface area contributed by atoms with E-state index >= 15 is 0 Å². The molecule has 18 heavy (non-hydrogen) atoms. The summed E-state index contributed by atoms with van der Waals surface area (Å²) in [6.07, 6.45) is 1.86. The summed E-state index contributed by atoms with van der Waals surface area (Å²) in [7, 11) is -3.53. The van der Waals surface area contributed by atoms with Gasteiger partial charge >= 0.3 is 0 Å². The summed E-state index contributed by atoms with van der Waals surface area (Å²) in [5.41, 5.74) is 0.563. The summed E-state index contributed by atoms with van der Waals surface area (Å²) >= 11 is 1.41. The minimum atomic E-state index is -3.53. The van der Waals surface area contributed by atoms with Crippen LogP contribution in [-0.4, -0.2) is 14.7 Å². The van der Waals surface area contributed by atoms with Gasteiger partial charge < -0.3 is 0 Å². The largest absolute Gasteiger partial charge is 0.280 e. The normalized spacial score (nSPS) is 11.2. The molecule has 3 nitrogen and oxygen atoms in total. The Morgan fingerprint density at radius 3 is 2.22 bits per heavy atom. The highest BCUT2D eigenvalue weighted by atomic mass is 32.2. The smallest absolute Gasteiger partial charge is 0.263 e. The van der Waals surface area contributed by atoms with Crippen LogP contribution < -0.4 is 4.72 Å². The number of para-hydroxylation sites is 1. The van der Waals surface area contributed by atoms with Crippen molar-refractivity contribution in [1.82, 2.24) is 0 Å². The molecule has 0 aliphatic rings. The maximum atomic E-state index is 12.3. The quantitative estimate of drug-likeness (QED) is 0.874. The van der Waals surface area contributed by atoms with E-state index in [1.54, 1.807) is 42.5 Å². The first-order valence-electron chi connectivity index (χ1n) is 5.34. The molecule has 2 aromatic rings. The zero-order valence-electron chi connectivity index (χ0n) is 9.83. The van der Waals surface area contributed by atoms with Crippen LogP contribution in [0.25, 0.3) is 0 Å². The van der Waals surface area contributed by atoms with Gasteiger partial charge in [0.25, 0.3) is 10.0 Å². The van der Waals surface area contributed by atoms with Crippen LogP contribution in [0.5, 0.6) is 0 Å². The highest BCUT2D eigenvalue weighted by molar-refractivity contribution is 7.99. The molecule has 0 aliphatic carbocycles. The number of hydrogen-bond donors (Lipinski definition) is 1. The summed E-state index contributed by atoms with van der Waals surface area (Å²) in [5.74, 6) is 0. The zero-order chi connectivity index (χ0) is 13.0.